The van der Waals surface area contributed by atoms with Gasteiger partial charge < -0.3 is 10.9 Å². The van der Waals surface area contributed by atoms with Crippen LogP contribution in [-0.2, 0) is 0 Å². The van der Waals surface area contributed by atoms with E-state index in [9.17, 15) is 0 Å². The Morgan fingerprint density at radius 2 is 2.33 bits per heavy atom. The number of oxime groups is 1. The minimum Gasteiger partial charge on any atom is -0.409 e. The Balaban J connectivity index is 2.38. The maximum atomic E-state index is 8.76. The molecule has 0 unspecified atom stereocenters. The van der Waals surface area contributed by atoms with E-state index in [2.05, 4.69) is 14.5 Å². The van der Waals surface area contributed by atoms with Crippen molar-refractivity contribution in [2.75, 3.05) is 0 Å². The Labute approximate surface area is 117 Å². The maximum absolute atomic E-state index is 8.76. The molecular formula is C10H9ClN4OS2. The molecular weight excluding hydrogens is 292 g/mol. The van der Waals surface area contributed by atoms with Crippen molar-refractivity contribution < 1.29 is 5.21 Å². The Morgan fingerprint density at radius 3 is 2.94 bits per heavy atom. The molecule has 0 aliphatic rings. The van der Waals surface area contributed by atoms with E-state index in [-0.39, 0.29) is 5.84 Å². The second-order valence-electron chi connectivity index (χ2n) is 3.34. The topological polar surface area (TPSA) is 84.4 Å². The van der Waals surface area contributed by atoms with Crippen molar-refractivity contribution in [2.45, 2.75) is 16.2 Å². The first-order valence-corrected chi connectivity index (χ1v) is 6.82. The second kappa shape index (κ2) is 5.55. The summed E-state index contributed by atoms with van der Waals surface area (Å²) < 4.78 is 4.89. The van der Waals surface area contributed by atoms with Crippen LogP contribution in [0.3, 0.4) is 0 Å². The van der Waals surface area contributed by atoms with Crippen molar-refractivity contribution in [3.8, 4) is 0 Å². The van der Waals surface area contributed by atoms with E-state index in [0.717, 1.165) is 15.1 Å². The predicted octanol–water partition coefficient (Wildman–Crippen LogP) is 2.75. The van der Waals surface area contributed by atoms with Gasteiger partial charge in [0.25, 0.3) is 0 Å². The molecule has 8 heteroatoms. The van der Waals surface area contributed by atoms with Crippen LogP contribution < -0.4 is 5.73 Å². The zero-order valence-corrected chi connectivity index (χ0v) is 11.7. The number of benzene rings is 1. The van der Waals surface area contributed by atoms with Crippen molar-refractivity contribution in [1.29, 1.82) is 0 Å². The molecule has 0 fully saturated rings. The molecule has 94 valence electrons. The Hall–Kier alpha value is -1.31. The third kappa shape index (κ3) is 2.92. The number of nitrogens with two attached hydrogens (primary N) is 1. The molecule has 1 aromatic carbocycles. The fourth-order valence-corrected chi connectivity index (χ4v) is 3.16. The van der Waals surface area contributed by atoms with Crippen LogP contribution in [0.5, 0.6) is 0 Å². The van der Waals surface area contributed by atoms with E-state index in [1.807, 2.05) is 6.92 Å². The number of halogens is 1. The van der Waals surface area contributed by atoms with Gasteiger partial charge in [-0.15, -0.1) is 0 Å². The third-order valence-corrected chi connectivity index (χ3v) is 4.19. The van der Waals surface area contributed by atoms with Crippen LogP contribution in [0.15, 0.2) is 32.6 Å². The molecule has 0 aliphatic heterocycles. The first kappa shape index (κ1) is 13.1. The van der Waals surface area contributed by atoms with Crippen LogP contribution >= 0.6 is 34.9 Å². The quantitative estimate of drug-likeness (QED) is 0.394. The molecule has 1 heterocycles. The first-order valence-electron chi connectivity index (χ1n) is 4.86. The number of nitrogens with zero attached hydrogens (tertiary/aromatic N) is 3. The van der Waals surface area contributed by atoms with Crippen molar-refractivity contribution in [2.24, 2.45) is 10.9 Å². The van der Waals surface area contributed by atoms with Crippen molar-refractivity contribution in [1.82, 2.24) is 9.36 Å². The van der Waals surface area contributed by atoms with E-state index in [1.54, 1.807) is 18.2 Å². The molecule has 0 amide bonds. The lowest BCUT2D eigenvalue weighted by atomic mass is 10.2. The van der Waals surface area contributed by atoms with Gasteiger partial charge in [-0.1, -0.05) is 28.5 Å². The lowest BCUT2D eigenvalue weighted by molar-refractivity contribution is 0.318. The fourth-order valence-electron chi connectivity index (χ4n) is 1.26. The summed E-state index contributed by atoms with van der Waals surface area (Å²) in [6, 6.07) is 5.19. The van der Waals surface area contributed by atoms with Gasteiger partial charge in [0, 0.05) is 15.5 Å². The second-order valence-corrected chi connectivity index (χ2v) is 5.81. The molecule has 3 N–H and O–H groups in total. The summed E-state index contributed by atoms with van der Waals surface area (Å²) in [5.74, 6) is 0.739. The van der Waals surface area contributed by atoms with E-state index in [4.69, 9.17) is 22.5 Å². The van der Waals surface area contributed by atoms with Crippen LogP contribution in [0.1, 0.15) is 11.4 Å². The van der Waals surface area contributed by atoms with E-state index >= 15 is 0 Å². The minimum atomic E-state index is 0.0150. The fraction of sp³-hybridized carbons (Fsp3) is 0.100. The van der Waals surface area contributed by atoms with Gasteiger partial charge in [0.1, 0.15) is 5.82 Å². The summed E-state index contributed by atoms with van der Waals surface area (Å²) in [5.41, 5.74) is 6.19. The van der Waals surface area contributed by atoms with Crippen molar-refractivity contribution in [3.05, 3.63) is 34.6 Å². The highest BCUT2D eigenvalue weighted by Crippen LogP contribution is 2.32. The zero-order chi connectivity index (χ0) is 13.1. The van der Waals surface area contributed by atoms with Crippen molar-refractivity contribution in [3.63, 3.8) is 0 Å². The predicted molar refractivity (Wildman–Crippen MR) is 72.7 cm³/mol. The summed E-state index contributed by atoms with van der Waals surface area (Å²) in [4.78, 5) is 5.06. The highest BCUT2D eigenvalue weighted by molar-refractivity contribution is 8.01. The molecule has 0 aliphatic carbocycles. The van der Waals surface area contributed by atoms with Crippen LogP contribution in [0, 0.1) is 6.92 Å². The Morgan fingerprint density at radius 1 is 1.56 bits per heavy atom. The smallest absolute Gasteiger partial charge is 0.174 e. The highest BCUT2D eigenvalue weighted by atomic mass is 35.5. The summed E-state index contributed by atoms with van der Waals surface area (Å²) in [6.45, 7) is 1.83. The van der Waals surface area contributed by atoms with Gasteiger partial charge >= 0.3 is 0 Å². The lowest BCUT2D eigenvalue weighted by Gasteiger charge is -2.06. The molecule has 0 bridgehead atoms. The van der Waals surface area contributed by atoms with Gasteiger partial charge in [0.15, 0.2) is 10.2 Å². The van der Waals surface area contributed by atoms with E-state index in [0.29, 0.717) is 10.6 Å². The molecule has 2 aromatic rings. The number of hydrogen-bond donors (Lipinski definition) is 2. The van der Waals surface area contributed by atoms with Gasteiger partial charge in [-0.05, 0) is 36.7 Å². The molecule has 0 spiro atoms. The Kier molecular flexibility index (Phi) is 4.05. The highest BCUT2D eigenvalue weighted by Gasteiger charge is 2.11. The van der Waals surface area contributed by atoms with Gasteiger partial charge in [-0.2, -0.15) is 4.37 Å². The van der Waals surface area contributed by atoms with E-state index < -0.39 is 0 Å². The normalized spacial score (nSPS) is 11.8. The number of rotatable bonds is 3. The standard InChI is InChI=1S/C10H9ClN4OS2/c1-5-13-10(18-15-5)17-8-3-2-6(11)4-7(8)9(12)14-16/h2-4,16H,1H3,(H2,12,14). The monoisotopic (exact) mass is 300 g/mol. The van der Waals surface area contributed by atoms with Gasteiger partial charge in [0.2, 0.25) is 0 Å². The molecule has 2 rings (SSSR count). The zero-order valence-electron chi connectivity index (χ0n) is 9.29. The van der Waals surface area contributed by atoms with Crippen LogP contribution in [0.4, 0.5) is 0 Å². The molecule has 0 saturated carbocycles. The number of aromatic nitrogens is 2. The maximum Gasteiger partial charge on any atom is 0.174 e. The van der Waals surface area contributed by atoms with Crippen LogP contribution in [-0.4, -0.2) is 20.4 Å². The summed E-state index contributed by atoms with van der Waals surface area (Å²) in [5, 5.41) is 12.3. The van der Waals surface area contributed by atoms with Crippen molar-refractivity contribution >= 4 is 40.7 Å². The largest absolute Gasteiger partial charge is 0.409 e. The summed E-state index contributed by atoms with van der Waals surface area (Å²) >= 11 is 8.60. The van der Waals surface area contributed by atoms with E-state index in [1.165, 1.54) is 23.3 Å². The average Bonchev–Trinajstić information content (AvgIpc) is 2.76. The molecule has 1 aromatic heterocycles. The first-order chi connectivity index (χ1) is 8.60. The lowest BCUT2D eigenvalue weighted by Crippen LogP contribution is -2.14. The van der Waals surface area contributed by atoms with Crippen LogP contribution in [0.25, 0.3) is 0 Å². The molecule has 0 atom stereocenters. The summed E-state index contributed by atoms with van der Waals surface area (Å²) in [7, 11) is 0. The van der Waals surface area contributed by atoms with Crippen LogP contribution in [0.2, 0.25) is 5.02 Å². The van der Waals surface area contributed by atoms with Gasteiger partial charge in [0.05, 0.1) is 0 Å². The molecule has 0 radical (unpaired) electrons. The third-order valence-electron chi connectivity index (χ3n) is 2.03. The Bertz CT molecular complexity index is 599. The van der Waals surface area contributed by atoms with Gasteiger partial charge in [-0.3, -0.25) is 0 Å². The van der Waals surface area contributed by atoms with Gasteiger partial charge in [-0.25, -0.2) is 4.98 Å². The summed E-state index contributed by atoms with van der Waals surface area (Å²) in [6.07, 6.45) is 0. The number of aryl methyl sites for hydroxylation is 1. The average molecular weight is 301 g/mol. The minimum absolute atomic E-state index is 0.0150. The molecule has 18 heavy (non-hydrogen) atoms. The number of amidine groups is 1. The molecule has 5 nitrogen and oxygen atoms in total. The molecule has 0 saturated heterocycles. The number of hydrogen-bond acceptors (Lipinski definition) is 6. The SMILES string of the molecule is Cc1nsc(Sc2ccc(Cl)cc2C(N)=NO)n1.